The lowest BCUT2D eigenvalue weighted by atomic mass is 10.2. The van der Waals surface area contributed by atoms with Gasteiger partial charge in [0.1, 0.15) is 11.5 Å². The first-order chi connectivity index (χ1) is 8.74. The molecule has 2 aromatic rings. The van der Waals surface area contributed by atoms with Crippen LogP contribution >= 0.6 is 11.8 Å². The highest BCUT2D eigenvalue weighted by Gasteiger charge is 2.06. The van der Waals surface area contributed by atoms with Gasteiger partial charge in [-0.15, -0.1) is 0 Å². The van der Waals surface area contributed by atoms with Crippen molar-refractivity contribution < 1.29 is 9.47 Å². The summed E-state index contributed by atoms with van der Waals surface area (Å²) in [4.78, 5) is 2.24. The fourth-order valence-corrected chi connectivity index (χ4v) is 2.65. The number of ether oxygens (including phenoxy) is 2. The van der Waals surface area contributed by atoms with E-state index in [1.54, 1.807) is 26.0 Å². The van der Waals surface area contributed by atoms with Crippen LogP contribution in [0.15, 0.2) is 52.3 Å². The summed E-state index contributed by atoms with van der Waals surface area (Å²) in [5, 5.41) is 0. The van der Waals surface area contributed by atoms with Crippen molar-refractivity contribution in [2.45, 2.75) is 16.7 Å². The van der Waals surface area contributed by atoms with E-state index in [9.17, 15) is 0 Å². The zero-order valence-corrected chi connectivity index (χ0v) is 11.6. The predicted octanol–water partition coefficient (Wildman–Crippen LogP) is 4.16. The molecule has 0 saturated carbocycles. The van der Waals surface area contributed by atoms with Crippen molar-refractivity contribution in [2.24, 2.45) is 0 Å². The molecule has 0 aromatic heterocycles. The lowest BCUT2D eigenvalue weighted by Gasteiger charge is -2.10. The molecule has 0 aliphatic carbocycles. The summed E-state index contributed by atoms with van der Waals surface area (Å²) in [6.07, 6.45) is 0. The van der Waals surface area contributed by atoms with E-state index in [4.69, 9.17) is 9.47 Å². The monoisotopic (exact) mass is 260 g/mol. The van der Waals surface area contributed by atoms with Gasteiger partial charge in [-0.05, 0) is 36.8 Å². The van der Waals surface area contributed by atoms with Crippen LogP contribution in [0, 0.1) is 6.92 Å². The molecule has 0 atom stereocenters. The van der Waals surface area contributed by atoms with Gasteiger partial charge in [-0.25, -0.2) is 0 Å². The summed E-state index contributed by atoms with van der Waals surface area (Å²) < 4.78 is 10.7. The van der Waals surface area contributed by atoms with Crippen molar-refractivity contribution in [3.63, 3.8) is 0 Å². The van der Waals surface area contributed by atoms with E-state index < -0.39 is 0 Å². The Kier molecular flexibility index (Phi) is 4.15. The maximum Gasteiger partial charge on any atom is 0.132 e. The summed E-state index contributed by atoms with van der Waals surface area (Å²) in [5.74, 6) is 1.80. The number of para-hydroxylation sites is 1. The zero-order valence-electron chi connectivity index (χ0n) is 10.8. The van der Waals surface area contributed by atoms with Gasteiger partial charge in [0.15, 0.2) is 0 Å². The Labute approximate surface area is 112 Å². The summed E-state index contributed by atoms with van der Waals surface area (Å²) in [6, 6.07) is 14.2. The molecule has 2 aromatic carbocycles. The van der Waals surface area contributed by atoms with Crippen LogP contribution in [0.3, 0.4) is 0 Å². The van der Waals surface area contributed by atoms with Gasteiger partial charge in [0.05, 0.1) is 19.1 Å². The van der Waals surface area contributed by atoms with E-state index in [0.29, 0.717) is 0 Å². The molecule has 0 fully saturated rings. The van der Waals surface area contributed by atoms with Crippen LogP contribution in [0.1, 0.15) is 5.56 Å². The maximum absolute atomic E-state index is 5.35. The fraction of sp³-hybridized carbons (Fsp3) is 0.200. The van der Waals surface area contributed by atoms with Crippen molar-refractivity contribution in [3.05, 3.63) is 48.0 Å². The minimum absolute atomic E-state index is 0.891. The third-order valence-electron chi connectivity index (χ3n) is 2.68. The number of benzene rings is 2. The number of rotatable bonds is 4. The van der Waals surface area contributed by atoms with Gasteiger partial charge in [-0.3, -0.25) is 0 Å². The Morgan fingerprint density at radius 3 is 2.33 bits per heavy atom. The van der Waals surface area contributed by atoms with Crippen LogP contribution < -0.4 is 9.47 Å². The van der Waals surface area contributed by atoms with Gasteiger partial charge >= 0.3 is 0 Å². The largest absolute Gasteiger partial charge is 0.496 e. The molecule has 0 aliphatic heterocycles. The van der Waals surface area contributed by atoms with E-state index in [2.05, 4.69) is 18.2 Å². The second-order valence-electron chi connectivity index (χ2n) is 3.88. The second kappa shape index (κ2) is 5.83. The highest BCUT2D eigenvalue weighted by molar-refractivity contribution is 7.99. The molecule has 0 aliphatic rings. The molecule has 18 heavy (non-hydrogen) atoms. The minimum Gasteiger partial charge on any atom is -0.496 e. The van der Waals surface area contributed by atoms with Gasteiger partial charge in [0.25, 0.3) is 0 Å². The molecule has 0 bridgehead atoms. The van der Waals surface area contributed by atoms with E-state index in [1.165, 1.54) is 0 Å². The van der Waals surface area contributed by atoms with Crippen molar-refractivity contribution in [2.75, 3.05) is 14.2 Å². The first-order valence-electron chi connectivity index (χ1n) is 5.70. The third-order valence-corrected chi connectivity index (χ3v) is 3.72. The molecule has 0 heterocycles. The molecule has 0 radical (unpaired) electrons. The van der Waals surface area contributed by atoms with Crippen molar-refractivity contribution in [3.8, 4) is 11.5 Å². The SMILES string of the molecule is COc1cc(Sc2ccccc2OC)ccc1C. The van der Waals surface area contributed by atoms with E-state index in [1.807, 2.05) is 31.2 Å². The molecule has 2 nitrogen and oxygen atoms in total. The number of methoxy groups -OCH3 is 2. The van der Waals surface area contributed by atoms with Crippen LogP contribution in [0.25, 0.3) is 0 Å². The lowest BCUT2D eigenvalue weighted by Crippen LogP contribution is -1.88. The Morgan fingerprint density at radius 2 is 1.61 bits per heavy atom. The highest BCUT2D eigenvalue weighted by Crippen LogP contribution is 2.36. The van der Waals surface area contributed by atoms with E-state index in [0.717, 1.165) is 26.9 Å². The minimum atomic E-state index is 0.891. The molecule has 2 rings (SSSR count). The highest BCUT2D eigenvalue weighted by atomic mass is 32.2. The third kappa shape index (κ3) is 2.79. The molecule has 0 saturated heterocycles. The molecular weight excluding hydrogens is 244 g/mol. The van der Waals surface area contributed by atoms with Gasteiger partial charge in [-0.1, -0.05) is 30.0 Å². The number of hydrogen-bond donors (Lipinski definition) is 0. The van der Waals surface area contributed by atoms with E-state index in [-0.39, 0.29) is 0 Å². The molecule has 0 amide bonds. The van der Waals surface area contributed by atoms with Crippen molar-refractivity contribution in [1.82, 2.24) is 0 Å². The average molecular weight is 260 g/mol. The zero-order chi connectivity index (χ0) is 13.0. The Bertz CT molecular complexity index is 538. The van der Waals surface area contributed by atoms with Crippen LogP contribution in [0.4, 0.5) is 0 Å². The maximum atomic E-state index is 5.35. The molecule has 94 valence electrons. The number of aryl methyl sites for hydroxylation is 1. The summed E-state index contributed by atoms with van der Waals surface area (Å²) in [6.45, 7) is 2.04. The van der Waals surface area contributed by atoms with Crippen molar-refractivity contribution in [1.29, 1.82) is 0 Å². The van der Waals surface area contributed by atoms with Gasteiger partial charge in [0.2, 0.25) is 0 Å². The van der Waals surface area contributed by atoms with Gasteiger partial charge < -0.3 is 9.47 Å². The fourth-order valence-electron chi connectivity index (χ4n) is 1.69. The topological polar surface area (TPSA) is 18.5 Å². The Morgan fingerprint density at radius 1 is 0.889 bits per heavy atom. The quantitative estimate of drug-likeness (QED) is 0.822. The molecule has 0 spiro atoms. The van der Waals surface area contributed by atoms with Crippen LogP contribution in [-0.2, 0) is 0 Å². The smallest absolute Gasteiger partial charge is 0.132 e. The summed E-state index contributed by atoms with van der Waals surface area (Å²) in [7, 11) is 3.38. The lowest BCUT2D eigenvalue weighted by molar-refractivity contribution is 0.404. The first-order valence-corrected chi connectivity index (χ1v) is 6.51. The summed E-state index contributed by atoms with van der Waals surface area (Å²) >= 11 is 1.67. The molecule has 0 N–H and O–H groups in total. The number of hydrogen-bond acceptors (Lipinski definition) is 3. The Hall–Kier alpha value is -1.61. The van der Waals surface area contributed by atoms with Gasteiger partial charge in [-0.2, -0.15) is 0 Å². The molecule has 0 unspecified atom stereocenters. The standard InChI is InChI=1S/C15H16O2S/c1-11-8-9-12(10-14(11)17-3)18-15-7-5-4-6-13(15)16-2/h4-10H,1-3H3. The Balaban J connectivity index is 2.28. The van der Waals surface area contributed by atoms with Crippen LogP contribution in [0.5, 0.6) is 11.5 Å². The van der Waals surface area contributed by atoms with E-state index >= 15 is 0 Å². The summed E-state index contributed by atoms with van der Waals surface area (Å²) in [5.41, 5.74) is 1.14. The predicted molar refractivity (Wildman–Crippen MR) is 74.8 cm³/mol. The molecule has 3 heteroatoms. The molecular formula is C15H16O2S. The average Bonchev–Trinajstić information content (AvgIpc) is 2.41. The van der Waals surface area contributed by atoms with Crippen LogP contribution in [0.2, 0.25) is 0 Å². The second-order valence-corrected chi connectivity index (χ2v) is 5.00. The van der Waals surface area contributed by atoms with Crippen molar-refractivity contribution >= 4 is 11.8 Å². The first kappa shape index (κ1) is 12.8. The van der Waals surface area contributed by atoms with Gasteiger partial charge in [0, 0.05) is 4.90 Å². The normalized spacial score (nSPS) is 10.2. The van der Waals surface area contributed by atoms with Crippen LogP contribution in [-0.4, -0.2) is 14.2 Å².